The minimum absolute atomic E-state index is 0. The van der Waals surface area contributed by atoms with Crippen LogP contribution in [0, 0.1) is 0 Å². The molecule has 3 heteroatoms. The van der Waals surface area contributed by atoms with Gasteiger partial charge >= 0.3 is 5.97 Å². The van der Waals surface area contributed by atoms with Gasteiger partial charge in [0.1, 0.15) is 0 Å². The van der Waals surface area contributed by atoms with Crippen molar-refractivity contribution in [3.63, 3.8) is 0 Å². The number of carbonyl (C=O) groups is 1. The summed E-state index contributed by atoms with van der Waals surface area (Å²) in [6.45, 7) is 3.89. The zero-order valence-corrected chi connectivity index (χ0v) is 8.24. The molecule has 0 aromatic carbocycles. The molecule has 0 bridgehead atoms. The molecule has 0 aliphatic rings. The van der Waals surface area contributed by atoms with Gasteiger partial charge < -0.3 is 5.11 Å². The van der Waals surface area contributed by atoms with Crippen LogP contribution in [0.4, 0.5) is 0 Å². The van der Waals surface area contributed by atoms with Gasteiger partial charge in [-0.15, -0.1) is 0 Å². The Hall–Kier alpha value is -0.258. The number of allylic oxidation sites excluding steroid dienone is 1. The van der Waals surface area contributed by atoms with E-state index in [1.807, 2.05) is 13.8 Å². The number of rotatable bonds is 4. The number of carboxylic acids is 1. The second kappa shape index (κ2) is 7.85. The molecule has 0 aliphatic heterocycles. The van der Waals surface area contributed by atoms with Crippen LogP contribution in [-0.4, -0.2) is 11.1 Å². The molecule has 0 saturated carbocycles. The Labute approximate surface area is 78.4 Å². The molecule has 0 aromatic rings. The molecule has 0 spiro atoms. The Morgan fingerprint density at radius 1 is 1.45 bits per heavy atom. The maximum atomic E-state index is 10.4. The maximum Gasteiger partial charge on any atom is 0.331 e. The van der Waals surface area contributed by atoms with Crippen molar-refractivity contribution >= 4 is 5.97 Å². The van der Waals surface area contributed by atoms with Crippen LogP contribution in [-0.2, 0) is 22.2 Å². The number of unbranched alkanes of at least 4 members (excludes halogenated alkanes) is 1. The predicted molar refractivity (Wildman–Crippen MR) is 40.9 cm³/mol. The van der Waals surface area contributed by atoms with Crippen LogP contribution < -0.4 is 0 Å². The summed E-state index contributed by atoms with van der Waals surface area (Å²) in [4.78, 5) is 10.4. The molecule has 1 N–H and O–H groups in total. The van der Waals surface area contributed by atoms with Crippen LogP contribution in [0.2, 0.25) is 0 Å². The van der Waals surface area contributed by atoms with Gasteiger partial charge in [0, 0.05) is 22.9 Å². The van der Waals surface area contributed by atoms with Crippen LogP contribution in [0.25, 0.3) is 0 Å². The van der Waals surface area contributed by atoms with Crippen molar-refractivity contribution in [2.24, 2.45) is 0 Å². The monoisotopic (exact) mass is 194 g/mol. The third kappa shape index (κ3) is 6.15. The number of hydrogen-bond donors (Lipinski definition) is 1. The third-order valence-electron chi connectivity index (χ3n) is 1.34. The Morgan fingerprint density at radius 3 is 2.27 bits per heavy atom. The van der Waals surface area contributed by atoms with Crippen molar-refractivity contribution in [1.82, 2.24) is 0 Å². The molecule has 0 unspecified atom stereocenters. The van der Waals surface area contributed by atoms with E-state index in [0.29, 0.717) is 12.0 Å². The van der Waals surface area contributed by atoms with E-state index in [2.05, 4.69) is 0 Å². The summed E-state index contributed by atoms with van der Waals surface area (Å²) in [5.41, 5.74) is 0.529. The Kier molecular flexibility index (Phi) is 9.51. The van der Waals surface area contributed by atoms with Crippen LogP contribution in [0.15, 0.2) is 11.6 Å². The smallest absolute Gasteiger partial charge is 0.331 e. The molecule has 0 radical (unpaired) electrons. The molecule has 0 saturated heterocycles. The zero-order valence-electron chi connectivity index (χ0n) is 6.96. The van der Waals surface area contributed by atoms with Gasteiger partial charge in [0.05, 0.1) is 0 Å². The molecule has 2 nitrogen and oxygen atoms in total. The molecule has 0 fully saturated rings. The van der Waals surface area contributed by atoms with Crippen molar-refractivity contribution in [3.8, 4) is 0 Å². The molecule has 0 amide bonds. The van der Waals surface area contributed by atoms with Gasteiger partial charge in [-0.2, -0.15) is 0 Å². The van der Waals surface area contributed by atoms with Gasteiger partial charge in [0.15, 0.2) is 0 Å². The van der Waals surface area contributed by atoms with Gasteiger partial charge in [-0.3, -0.25) is 0 Å². The Bertz CT molecular complexity index is 141. The molecule has 11 heavy (non-hydrogen) atoms. The Balaban J connectivity index is 0. The second-order valence-electron chi connectivity index (χ2n) is 2.18. The number of hydrogen-bond acceptors (Lipinski definition) is 1. The predicted octanol–water partition coefficient (Wildman–Crippen LogP) is 2.20. The van der Waals surface area contributed by atoms with E-state index in [1.165, 1.54) is 0 Å². The zero-order chi connectivity index (χ0) is 7.98. The minimum Gasteiger partial charge on any atom is -0.478 e. The van der Waals surface area contributed by atoms with Crippen molar-refractivity contribution in [2.75, 3.05) is 0 Å². The number of carboxylic acid groups (broad SMARTS) is 1. The first-order valence-electron chi connectivity index (χ1n) is 3.64. The van der Waals surface area contributed by atoms with Gasteiger partial charge in [0.2, 0.25) is 0 Å². The van der Waals surface area contributed by atoms with Crippen molar-refractivity contribution < 1.29 is 27.3 Å². The van der Waals surface area contributed by atoms with Gasteiger partial charge in [-0.05, 0) is 12.8 Å². The van der Waals surface area contributed by atoms with E-state index in [-0.39, 0.29) is 17.4 Å². The maximum absolute atomic E-state index is 10.4. The van der Waals surface area contributed by atoms with Crippen LogP contribution in [0.3, 0.4) is 0 Å². The SMILES string of the molecule is CCCC=C(CC)C(=O)O.[Cr]. The largest absolute Gasteiger partial charge is 0.478 e. The molecule has 0 heterocycles. The topological polar surface area (TPSA) is 37.3 Å². The second-order valence-corrected chi connectivity index (χ2v) is 2.18. The van der Waals surface area contributed by atoms with Gasteiger partial charge in [-0.25, -0.2) is 4.79 Å². The molecule has 0 rings (SSSR count). The Morgan fingerprint density at radius 2 is 2.00 bits per heavy atom. The van der Waals surface area contributed by atoms with Crippen molar-refractivity contribution in [1.29, 1.82) is 0 Å². The van der Waals surface area contributed by atoms with Crippen LogP contribution >= 0.6 is 0 Å². The van der Waals surface area contributed by atoms with E-state index in [9.17, 15) is 4.79 Å². The average Bonchev–Trinajstić information content (AvgIpc) is 1.89. The summed E-state index contributed by atoms with van der Waals surface area (Å²) < 4.78 is 0. The fourth-order valence-electron chi connectivity index (χ4n) is 0.701. The third-order valence-corrected chi connectivity index (χ3v) is 1.34. The fraction of sp³-hybridized carbons (Fsp3) is 0.625. The van der Waals surface area contributed by atoms with E-state index >= 15 is 0 Å². The molecule has 0 atom stereocenters. The van der Waals surface area contributed by atoms with Gasteiger partial charge in [-0.1, -0.05) is 26.3 Å². The van der Waals surface area contributed by atoms with E-state index in [1.54, 1.807) is 6.08 Å². The van der Waals surface area contributed by atoms with E-state index < -0.39 is 5.97 Å². The first-order chi connectivity index (χ1) is 4.72. The van der Waals surface area contributed by atoms with Gasteiger partial charge in [0.25, 0.3) is 0 Å². The first-order valence-corrected chi connectivity index (χ1v) is 3.64. The van der Waals surface area contributed by atoms with E-state index in [0.717, 1.165) is 12.8 Å². The van der Waals surface area contributed by atoms with Crippen molar-refractivity contribution in [3.05, 3.63) is 11.6 Å². The number of aliphatic carboxylic acids is 1. The van der Waals surface area contributed by atoms with Crippen molar-refractivity contribution in [2.45, 2.75) is 33.1 Å². The summed E-state index contributed by atoms with van der Waals surface area (Å²) in [6, 6.07) is 0. The average molecular weight is 194 g/mol. The summed E-state index contributed by atoms with van der Waals surface area (Å²) in [5.74, 6) is -0.782. The molecule has 0 aromatic heterocycles. The van der Waals surface area contributed by atoms with Crippen LogP contribution in [0.5, 0.6) is 0 Å². The first kappa shape index (κ1) is 13.3. The normalized spacial score (nSPS) is 10.5. The van der Waals surface area contributed by atoms with E-state index in [4.69, 9.17) is 5.11 Å². The molecular weight excluding hydrogens is 180 g/mol. The fourth-order valence-corrected chi connectivity index (χ4v) is 0.701. The summed E-state index contributed by atoms with van der Waals surface area (Å²) in [6.07, 6.45) is 4.30. The summed E-state index contributed by atoms with van der Waals surface area (Å²) in [5, 5.41) is 8.53. The minimum atomic E-state index is -0.782. The summed E-state index contributed by atoms with van der Waals surface area (Å²) in [7, 11) is 0. The van der Waals surface area contributed by atoms with Crippen LogP contribution in [0.1, 0.15) is 33.1 Å². The standard InChI is InChI=1S/C8H14O2.Cr/c1-3-5-6-7(4-2)8(9)10;/h6H,3-5H2,1-2H3,(H,9,10);. The summed E-state index contributed by atoms with van der Waals surface area (Å²) >= 11 is 0. The molecular formula is C8H14CrO2. The molecule has 64 valence electrons. The molecule has 0 aliphatic carbocycles. The quantitative estimate of drug-likeness (QED) is 0.696.